The molecule has 1 atom stereocenters. The average molecular weight is 584 g/mol. The molecule has 0 fully saturated rings. The van der Waals surface area contributed by atoms with Crippen LogP contribution >= 0.6 is 0 Å². The Hall–Kier alpha value is -4.83. The van der Waals surface area contributed by atoms with Gasteiger partial charge in [0.2, 0.25) is 17.5 Å². The number of alkyl carbamates (subject to hydrolysis) is 1. The van der Waals surface area contributed by atoms with Crippen LogP contribution in [0.3, 0.4) is 0 Å². The molecule has 0 saturated carbocycles. The van der Waals surface area contributed by atoms with Gasteiger partial charge in [-0.05, 0) is 67.5 Å². The van der Waals surface area contributed by atoms with Gasteiger partial charge >= 0.3 is 6.09 Å². The van der Waals surface area contributed by atoms with Crippen molar-refractivity contribution in [1.82, 2.24) is 20.8 Å². The summed E-state index contributed by atoms with van der Waals surface area (Å²) >= 11 is 0. The number of carbonyl (C=O) groups excluding carboxylic acids is 3. The Labute approximate surface area is 251 Å². The minimum atomic E-state index is -0.884. The predicted molar refractivity (Wildman–Crippen MR) is 161 cm³/mol. The van der Waals surface area contributed by atoms with E-state index in [1.165, 1.54) is 5.56 Å². The van der Waals surface area contributed by atoms with Crippen molar-refractivity contribution >= 4 is 17.8 Å². The van der Waals surface area contributed by atoms with Crippen molar-refractivity contribution < 1.29 is 23.6 Å². The highest BCUT2D eigenvalue weighted by Crippen LogP contribution is 2.13. The molecule has 3 aromatic carbocycles. The Bertz CT molecular complexity index is 1440. The molecule has 0 radical (unpaired) electrons. The zero-order chi connectivity index (χ0) is 30.3. The van der Waals surface area contributed by atoms with Crippen LogP contribution in [-0.4, -0.2) is 47.1 Å². The van der Waals surface area contributed by atoms with E-state index >= 15 is 0 Å². The summed E-state index contributed by atoms with van der Waals surface area (Å²) in [4.78, 5) is 42.4. The smallest absolute Gasteiger partial charge is 0.408 e. The Morgan fingerprint density at radius 2 is 1.53 bits per heavy atom. The normalized spacial score (nSPS) is 11.5. The van der Waals surface area contributed by atoms with E-state index in [9.17, 15) is 14.4 Å². The van der Waals surface area contributed by atoms with Crippen molar-refractivity contribution in [2.24, 2.45) is 5.73 Å². The lowest BCUT2D eigenvalue weighted by atomic mass is 10.0. The molecular formula is C33H37N5O5. The van der Waals surface area contributed by atoms with E-state index in [1.807, 2.05) is 60.7 Å². The minimum Gasteiger partial charge on any atom is -0.445 e. The molecule has 43 heavy (non-hydrogen) atoms. The second-order valence-electron chi connectivity index (χ2n) is 10.1. The first-order valence-corrected chi connectivity index (χ1v) is 14.5. The van der Waals surface area contributed by atoms with Gasteiger partial charge in [-0.15, -0.1) is 0 Å². The van der Waals surface area contributed by atoms with Crippen LogP contribution in [0, 0.1) is 0 Å². The Balaban J connectivity index is 1.28. The fraction of sp³-hybridized carbons (Fsp3) is 0.303. The standard InChI is InChI=1S/C33H37N5O5/c34-20-8-7-15-28(36-33(41)42-23-26-12-5-2-6-13-26)30(39)31-37-29(43-38-31)22-25-16-18-27(19-17-25)32(40)35-21-9-14-24-10-3-1-4-11-24/h1-6,10-13,16-19,28H,7-9,14-15,20-23,34H2,(H,35,40)(H,36,41). The lowest BCUT2D eigenvalue weighted by molar-refractivity contribution is 0.0896. The van der Waals surface area contributed by atoms with Gasteiger partial charge in [0.05, 0.1) is 12.5 Å². The molecule has 4 rings (SSSR count). The summed E-state index contributed by atoms with van der Waals surface area (Å²) in [7, 11) is 0. The molecule has 0 spiro atoms. The summed E-state index contributed by atoms with van der Waals surface area (Å²) in [5.41, 5.74) is 9.07. The third kappa shape index (κ3) is 10.2. The molecule has 4 aromatic rings. The lowest BCUT2D eigenvalue weighted by Gasteiger charge is -2.16. The van der Waals surface area contributed by atoms with Gasteiger partial charge in [0.25, 0.3) is 5.91 Å². The molecule has 1 heterocycles. The number of amides is 2. The molecule has 1 aromatic heterocycles. The van der Waals surface area contributed by atoms with Crippen molar-refractivity contribution in [3.63, 3.8) is 0 Å². The number of rotatable bonds is 16. The van der Waals surface area contributed by atoms with Crippen LogP contribution in [0.1, 0.15) is 69.2 Å². The fourth-order valence-corrected chi connectivity index (χ4v) is 4.44. The zero-order valence-corrected chi connectivity index (χ0v) is 24.0. The molecule has 0 aliphatic carbocycles. The Morgan fingerprint density at radius 3 is 2.23 bits per heavy atom. The molecule has 0 saturated heterocycles. The van der Waals surface area contributed by atoms with Gasteiger partial charge in [-0.1, -0.05) is 78.0 Å². The maximum Gasteiger partial charge on any atom is 0.408 e. The third-order valence-corrected chi connectivity index (χ3v) is 6.80. The molecule has 224 valence electrons. The van der Waals surface area contributed by atoms with Gasteiger partial charge < -0.3 is 25.6 Å². The van der Waals surface area contributed by atoms with Crippen LogP contribution in [0.2, 0.25) is 0 Å². The number of hydrogen-bond donors (Lipinski definition) is 3. The lowest BCUT2D eigenvalue weighted by Crippen LogP contribution is -2.41. The second-order valence-corrected chi connectivity index (χ2v) is 10.1. The zero-order valence-electron chi connectivity index (χ0n) is 24.0. The Morgan fingerprint density at radius 1 is 0.837 bits per heavy atom. The topological polar surface area (TPSA) is 149 Å². The van der Waals surface area contributed by atoms with Gasteiger partial charge in [0.15, 0.2) is 0 Å². The molecule has 4 N–H and O–H groups in total. The van der Waals surface area contributed by atoms with E-state index in [0.717, 1.165) is 24.0 Å². The number of aromatic nitrogens is 2. The summed E-state index contributed by atoms with van der Waals surface area (Å²) in [6.45, 7) is 1.14. The number of nitrogens with zero attached hydrogens (tertiary/aromatic N) is 2. The number of nitrogens with two attached hydrogens (primary N) is 1. The highest BCUT2D eigenvalue weighted by molar-refractivity contribution is 5.98. The van der Waals surface area contributed by atoms with Crippen molar-refractivity contribution in [1.29, 1.82) is 0 Å². The number of unbranched alkanes of at least 4 members (excludes halogenated alkanes) is 1. The van der Waals surface area contributed by atoms with Crippen LogP contribution in [-0.2, 0) is 24.2 Å². The van der Waals surface area contributed by atoms with Crippen molar-refractivity contribution in [2.45, 2.75) is 51.2 Å². The Kier molecular flexibility index (Phi) is 12.0. The van der Waals surface area contributed by atoms with Crippen LogP contribution in [0.5, 0.6) is 0 Å². The number of benzene rings is 3. The maximum atomic E-state index is 13.2. The van der Waals surface area contributed by atoms with Crippen molar-refractivity contribution in [3.05, 3.63) is 119 Å². The van der Waals surface area contributed by atoms with Crippen molar-refractivity contribution in [3.8, 4) is 0 Å². The molecule has 10 nitrogen and oxygen atoms in total. The van der Waals surface area contributed by atoms with Crippen LogP contribution in [0.15, 0.2) is 89.5 Å². The number of carbonyl (C=O) groups is 3. The molecule has 0 aliphatic heterocycles. The van der Waals surface area contributed by atoms with E-state index in [4.69, 9.17) is 15.0 Å². The number of aryl methyl sites for hydroxylation is 1. The number of Topliss-reactive ketones (excluding diaryl/α,β-unsaturated/α-hetero) is 1. The number of nitrogens with one attached hydrogen (secondary N) is 2. The quantitative estimate of drug-likeness (QED) is 0.128. The van der Waals surface area contributed by atoms with E-state index in [2.05, 4.69) is 32.9 Å². The summed E-state index contributed by atoms with van der Waals surface area (Å²) in [6.07, 6.45) is 3.01. The largest absolute Gasteiger partial charge is 0.445 e. The summed E-state index contributed by atoms with van der Waals surface area (Å²) in [5.74, 6) is -0.486. The van der Waals surface area contributed by atoms with E-state index in [-0.39, 0.29) is 30.7 Å². The van der Waals surface area contributed by atoms with Gasteiger partial charge in [-0.3, -0.25) is 9.59 Å². The summed E-state index contributed by atoms with van der Waals surface area (Å²) < 4.78 is 10.6. The predicted octanol–water partition coefficient (Wildman–Crippen LogP) is 4.63. The summed E-state index contributed by atoms with van der Waals surface area (Å²) in [5, 5.41) is 9.44. The number of hydrogen-bond acceptors (Lipinski definition) is 8. The maximum absolute atomic E-state index is 13.2. The van der Waals surface area contributed by atoms with Gasteiger partial charge in [0, 0.05) is 12.1 Å². The van der Waals surface area contributed by atoms with Crippen LogP contribution < -0.4 is 16.4 Å². The van der Waals surface area contributed by atoms with Gasteiger partial charge in [-0.25, -0.2) is 4.79 Å². The first-order chi connectivity index (χ1) is 21.0. The minimum absolute atomic E-state index is 0.0808. The van der Waals surface area contributed by atoms with Crippen LogP contribution in [0.25, 0.3) is 0 Å². The van der Waals surface area contributed by atoms with E-state index < -0.39 is 17.9 Å². The molecule has 10 heteroatoms. The van der Waals surface area contributed by atoms with Crippen molar-refractivity contribution in [2.75, 3.05) is 13.1 Å². The first kappa shape index (κ1) is 31.1. The molecule has 0 aliphatic rings. The van der Waals surface area contributed by atoms with Crippen LogP contribution in [0.4, 0.5) is 4.79 Å². The molecule has 1 unspecified atom stereocenters. The average Bonchev–Trinajstić information content (AvgIpc) is 3.51. The SMILES string of the molecule is NCCCCC(NC(=O)OCc1ccccc1)C(=O)c1noc(Cc2ccc(C(=O)NCCCc3ccccc3)cc2)n1. The molecule has 2 amide bonds. The molecule has 0 bridgehead atoms. The highest BCUT2D eigenvalue weighted by Gasteiger charge is 2.27. The van der Waals surface area contributed by atoms with Gasteiger partial charge in [-0.2, -0.15) is 4.98 Å². The summed E-state index contributed by atoms with van der Waals surface area (Å²) in [6, 6.07) is 25.6. The number of ketones is 1. The fourth-order valence-electron chi connectivity index (χ4n) is 4.44. The van der Waals surface area contributed by atoms with E-state index in [1.54, 1.807) is 12.1 Å². The monoisotopic (exact) mass is 583 g/mol. The second kappa shape index (κ2) is 16.6. The highest BCUT2D eigenvalue weighted by atomic mass is 16.5. The molecular weight excluding hydrogens is 546 g/mol. The van der Waals surface area contributed by atoms with Gasteiger partial charge in [0.1, 0.15) is 6.61 Å². The number of ether oxygens (including phenoxy) is 1. The first-order valence-electron chi connectivity index (χ1n) is 14.5. The van der Waals surface area contributed by atoms with E-state index in [0.29, 0.717) is 37.9 Å². The third-order valence-electron chi connectivity index (χ3n) is 6.80.